The van der Waals surface area contributed by atoms with Crippen molar-refractivity contribution in [1.82, 2.24) is 9.80 Å². The molecule has 0 radical (unpaired) electrons. The number of carbonyl (C=O) groups is 1. The number of unbranched alkanes of at least 4 members (excludes halogenated alkanes) is 2. The van der Waals surface area contributed by atoms with Gasteiger partial charge in [-0.15, -0.1) is 0 Å². The average molecular weight is 392 g/mol. The smallest absolute Gasteiger partial charge is 0.223 e. The van der Waals surface area contributed by atoms with Crippen molar-refractivity contribution in [2.45, 2.75) is 64.5 Å². The highest BCUT2D eigenvalue weighted by atomic mass is 16.3. The van der Waals surface area contributed by atoms with Crippen molar-refractivity contribution in [3.8, 4) is 0 Å². The predicted octanol–water partition coefficient (Wildman–Crippen LogP) is 2.71. The third-order valence-corrected chi connectivity index (χ3v) is 5.91. The van der Waals surface area contributed by atoms with Gasteiger partial charge in [-0.25, -0.2) is 0 Å². The lowest BCUT2D eigenvalue weighted by Crippen LogP contribution is -2.47. The maximum absolute atomic E-state index is 12.6. The van der Waals surface area contributed by atoms with Crippen LogP contribution in [0.15, 0.2) is 35.6 Å². The molecule has 4 N–H and O–H groups in total. The number of amides is 1. The van der Waals surface area contributed by atoms with Gasteiger partial charge in [-0.3, -0.25) is 9.69 Å². The second-order valence-corrected chi connectivity index (χ2v) is 8.72. The van der Waals surface area contributed by atoms with E-state index in [0.717, 1.165) is 37.0 Å². The molecule has 1 amide bonds. The average Bonchev–Trinajstić information content (AvgIpc) is 3.04. The quantitative estimate of drug-likeness (QED) is 0.231. The van der Waals surface area contributed by atoms with Crippen LogP contribution in [0.4, 0.5) is 0 Å². The molecule has 0 saturated carbocycles. The molecule has 0 bridgehead atoms. The predicted molar refractivity (Wildman–Crippen MR) is 113 cm³/mol. The highest BCUT2D eigenvalue weighted by Gasteiger charge is 2.51. The highest BCUT2D eigenvalue weighted by Crippen LogP contribution is 2.47. The summed E-state index contributed by atoms with van der Waals surface area (Å²) in [4.78, 5) is 16.6. The van der Waals surface area contributed by atoms with Crippen molar-refractivity contribution >= 4 is 5.91 Å². The summed E-state index contributed by atoms with van der Waals surface area (Å²) >= 11 is 0. The summed E-state index contributed by atoms with van der Waals surface area (Å²) in [7, 11) is 0. The van der Waals surface area contributed by atoms with E-state index in [1.54, 1.807) is 6.92 Å². The van der Waals surface area contributed by atoms with Gasteiger partial charge >= 0.3 is 0 Å². The number of hydrogen-bond acceptors (Lipinski definition) is 5. The van der Waals surface area contributed by atoms with Crippen molar-refractivity contribution in [1.29, 1.82) is 0 Å². The van der Waals surface area contributed by atoms with Crippen molar-refractivity contribution in [3.63, 3.8) is 0 Å². The molecule has 2 rings (SSSR count). The van der Waals surface area contributed by atoms with E-state index < -0.39 is 11.1 Å². The highest BCUT2D eigenvalue weighted by molar-refractivity contribution is 5.76. The fraction of sp³-hybridized carbons (Fsp3) is 0.682. The summed E-state index contributed by atoms with van der Waals surface area (Å²) in [5.74, 6) is 0.316. The third kappa shape index (κ3) is 5.04. The summed E-state index contributed by atoms with van der Waals surface area (Å²) in [5.41, 5.74) is 5.67. The zero-order valence-corrected chi connectivity index (χ0v) is 17.9. The molecule has 1 saturated heterocycles. The molecule has 6 nitrogen and oxygen atoms in total. The Labute approximate surface area is 169 Å². The second kappa shape index (κ2) is 8.80. The molecule has 6 heteroatoms. The van der Waals surface area contributed by atoms with E-state index in [4.69, 9.17) is 5.73 Å². The maximum atomic E-state index is 12.6. The van der Waals surface area contributed by atoms with Gasteiger partial charge in [0.2, 0.25) is 5.91 Å². The Kier molecular flexibility index (Phi) is 7.12. The van der Waals surface area contributed by atoms with Gasteiger partial charge in [-0.2, -0.15) is 0 Å². The van der Waals surface area contributed by atoms with Crippen LogP contribution in [0.5, 0.6) is 0 Å². The lowest BCUT2D eigenvalue weighted by atomic mass is 9.87. The summed E-state index contributed by atoms with van der Waals surface area (Å²) in [6, 6.07) is 0. The van der Waals surface area contributed by atoms with Gasteiger partial charge in [0.1, 0.15) is 11.4 Å². The van der Waals surface area contributed by atoms with E-state index in [1.165, 1.54) is 0 Å². The van der Waals surface area contributed by atoms with Crippen LogP contribution in [0.2, 0.25) is 0 Å². The van der Waals surface area contributed by atoms with Crippen LogP contribution in [0.1, 0.15) is 53.4 Å². The number of rotatable bonds is 10. The maximum Gasteiger partial charge on any atom is 0.223 e. The number of nitrogens with zero attached hydrogens (tertiary/aromatic N) is 2. The fourth-order valence-electron chi connectivity index (χ4n) is 4.06. The van der Waals surface area contributed by atoms with Crippen LogP contribution in [-0.4, -0.2) is 63.4 Å². The SMILES string of the molecule is C=C(O)/C(=C\C(C)(C1=CC1(C)O)N1CCN(C(=O)CCCCCN)C1)C(C)C. The summed E-state index contributed by atoms with van der Waals surface area (Å²) in [6.07, 6.45) is 7.19. The van der Waals surface area contributed by atoms with Crippen molar-refractivity contribution < 1.29 is 15.0 Å². The van der Waals surface area contributed by atoms with E-state index in [2.05, 4.69) is 11.5 Å². The van der Waals surface area contributed by atoms with Crippen molar-refractivity contribution in [2.24, 2.45) is 11.7 Å². The van der Waals surface area contributed by atoms with Gasteiger partial charge < -0.3 is 20.8 Å². The first-order chi connectivity index (χ1) is 13.0. The molecule has 0 spiro atoms. The van der Waals surface area contributed by atoms with Gasteiger partial charge in [-0.05, 0) is 56.4 Å². The summed E-state index contributed by atoms with van der Waals surface area (Å²) < 4.78 is 0. The molecule has 2 aliphatic rings. The van der Waals surface area contributed by atoms with Crippen LogP contribution < -0.4 is 5.73 Å². The van der Waals surface area contributed by atoms with Gasteiger partial charge in [0, 0.05) is 19.5 Å². The van der Waals surface area contributed by atoms with E-state index in [-0.39, 0.29) is 17.6 Å². The molecule has 2 atom stereocenters. The van der Waals surface area contributed by atoms with Crippen LogP contribution in [0, 0.1) is 5.92 Å². The van der Waals surface area contributed by atoms with Crippen LogP contribution in [0.25, 0.3) is 0 Å². The first-order valence-electron chi connectivity index (χ1n) is 10.3. The number of carbonyl (C=O) groups excluding carboxylic acids is 1. The Balaban J connectivity index is 2.16. The van der Waals surface area contributed by atoms with E-state index in [9.17, 15) is 15.0 Å². The van der Waals surface area contributed by atoms with Gasteiger partial charge in [0.25, 0.3) is 0 Å². The number of hydrogen-bond donors (Lipinski definition) is 3. The standard InChI is InChI=1S/C22H37N3O3/c1-16(2)18(17(3)26)13-21(4,19-14-22(19,5)28)25-12-11-24(15-25)20(27)9-7-6-8-10-23/h13-14,16,26,28H,3,6-12,15,23H2,1-2,4-5H3/b18-13-. The van der Waals surface area contributed by atoms with E-state index in [1.807, 2.05) is 37.8 Å². The van der Waals surface area contributed by atoms with Gasteiger partial charge in [0.15, 0.2) is 0 Å². The van der Waals surface area contributed by atoms with Crippen LogP contribution >= 0.6 is 0 Å². The number of aliphatic hydroxyl groups excluding tert-OH is 1. The topological polar surface area (TPSA) is 90.0 Å². The fourth-order valence-corrected chi connectivity index (χ4v) is 4.06. The Bertz CT molecular complexity index is 666. The monoisotopic (exact) mass is 391 g/mol. The minimum absolute atomic E-state index is 0.0501. The molecule has 28 heavy (non-hydrogen) atoms. The van der Waals surface area contributed by atoms with Crippen LogP contribution in [-0.2, 0) is 4.79 Å². The minimum atomic E-state index is -0.927. The largest absolute Gasteiger partial charge is 0.508 e. The first kappa shape index (κ1) is 22.7. The third-order valence-electron chi connectivity index (χ3n) is 5.91. The van der Waals surface area contributed by atoms with E-state index in [0.29, 0.717) is 26.2 Å². The zero-order chi connectivity index (χ0) is 21.1. The Morgan fingerprint density at radius 1 is 1.39 bits per heavy atom. The van der Waals surface area contributed by atoms with Crippen LogP contribution in [0.3, 0.4) is 0 Å². The Morgan fingerprint density at radius 3 is 2.54 bits per heavy atom. The lowest BCUT2D eigenvalue weighted by Gasteiger charge is -2.37. The Morgan fingerprint density at radius 2 is 2.04 bits per heavy atom. The molecule has 0 aromatic rings. The normalized spacial score (nSPS) is 25.0. The Hall–Kier alpha value is -1.63. The van der Waals surface area contributed by atoms with E-state index >= 15 is 0 Å². The van der Waals surface area contributed by atoms with Gasteiger partial charge in [0.05, 0.1) is 12.2 Å². The molecule has 0 aromatic heterocycles. The summed E-state index contributed by atoms with van der Waals surface area (Å²) in [5, 5.41) is 20.6. The molecule has 158 valence electrons. The van der Waals surface area contributed by atoms with Gasteiger partial charge in [-0.1, -0.05) is 32.9 Å². The summed E-state index contributed by atoms with van der Waals surface area (Å²) in [6.45, 7) is 14.1. The molecular formula is C22H37N3O3. The molecule has 2 unspecified atom stereocenters. The first-order valence-corrected chi connectivity index (χ1v) is 10.3. The lowest BCUT2D eigenvalue weighted by molar-refractivity contribution is -0.131. The van der Waals surface area contributed by atoms with Crippen molar-refractivity contribution in [3.05, 3.63) is 35.6 Å². The molecule has 1 aliphatic heterocycles. The molecule has 1 fully saturated rings. The molecular weight excluding hydrogens is 354 g/mol. The minimum Gasteiger partial charge on any atom is -0.508 e. The zero-order valence-electron chi connectivity index (χ0n) is 17.9. The number of nitrogens with two attached hydrogens (primary N) is 1. The second-order valence-electron chi connectivity index (χ2n) is 8.72. The molecule has 1 heterocycles. The van der Waals surface area contributed by atoms with Crippen molar-refractivity contribution in [2.75, 3.05) is 26.3 Å². The number of aliphatic hydroxyl groups is 2. The number of allylic oxidation sites excluding steroid dienone is 1. The molecule has 1 aliphatic carbocycles. The molecule has 0 aromatic carbocycles.